The number of carbonyl (C=O) groups is 1. The fourth-order valence-corrected chi connectivity index (χ4v) is 3.13. The van der Waals surface area contributed by atoms with Crippen molar-refractivity contribution in [1.29, 1.82) is 0 Å². The van der Waals surface area contributed by atoms with Gasteiger partial charge in [0.25, 0.3) is 5.91 Å². The lowest BCUT2D eigenvalue weighted by molar-refractivity contribution is -0.142. The first-order valence-corrected chi connectivity index (χ1v) is 7.17. The van der Waals surface area contributed by atoms with E-state index in [9.17, 15) is 4.79 Å². The molecule has 5 nitrogen and oxygen atoms in total. The second-order valence-electron chi connectivity index (χ2n) is 5.43. The number of amides is 1. The van der Waals surface area contributed by atoms with E-state index in [1.165, 1.54) is 0 Å². The second-order valence-corrected chi connectivity index (χ2v) is 5.43. The molecule has 1 amide bonds. The smallest absolute Gasteiger partial charge is 0.252 e. The predicted octanol–water partition coefficient (Wildman–Crippen LogP) is 1.56. The van der Waals surface area contributed by atoms with Crippen LogP contribution in [-0.2, 0) is 22.6 Å². The van der Waals surface area contributed by atoms with Crippen molar-refractivity contribution < 1.29 is 9.53 Å². The summed E-state index contributed by atoms with van der Waals surface area (Å²) in [5.41, 5.74) is 2.17. The Labute approximate surface area is 117 Å². The van der Waals surface area contributed by atoms with Crippen molar-refractivity contribution in [2.24, 2.45) is 0 Å². The van der Waals surface area contributed by atoms with E-state index in [1.807, 2.05) is 23.1 Å². The van der Waals surface area contributed by atoms with Crippen molar-refractivity contribution in [3.8, 4) is 0 Å². The number of carbonyl (C=O) groups excluding carboxylic acids is 1. The number of hydrogen-bond donors (Lipinski definition) is 0. The molecule has 1 fully saturated rings. The van der Waals surface area contributed by atoms with Gasteiger partial charge in [0.15, 0.2) is 0 Å². The van der Waals surface area contributed by atoms with Crippen LogP contribution in [0.4, 0.5) is 0 Å². The molecule has 4 rings (SSSR count). The summed E-state index contributed by atoms with van der Waals surface area (Å²) >= 11 is 0. The molecule has 0 bridgehead atoms. The summed E-state index contributed by atoms with van der Waals surface area (Å²) in [7, 11) is 0. The van der Waals surface area contributed by atoms with Crippen LogP contribution >= 0.6 is 0 Å². The van der Waals surface area contributed by atoms with E-state index in [2.05, 4.69) is 15.6 Å². The quantitative estimate of drug-likeness (QED) is 0.790. The molecule has 1 saturated heterocycles. The van der Waals surface area contributed by atoms with Crippen LogP contribution in [0, 0.1) is 0 Å². The van der Waals surface area contributed by atoms with Gasteiger partial charge in [0.2, 0.25) is 0 Å². The van der Waals surface area contributed by atoms with Crippen LogP contribution in [0.15, 0.2) is 24.3 Å². The highest BCUT2D eigenvalue weighted by molar-refractivity contribution is 5.82. The Morgan fingerprint density at radius 3 is 3.05 bits per heavy atom. The van der Waals surface area contributed by atoms with Gasteiger partial charge < -0.3 is 14.2 Å². The Morgan fingerprint density at radius 1 is 1.30 bits per heavy atom. The van der Waals surface area contributed by atoms with Gasteiger partial charge in [-0.05, 0) is 25.0 Å². The lowest BCUT2D eigenvalue weighted by Crippen LogP contribution is -2.43. The summed E-state index contributed by atoms with van der Waals surface area (Å²) in [6.45, 7) is 2.86. The molecule has 1 unspecified atom stereocenters. The summed E-state index contributed by atoms with van der Waals surface area (Å²) in [5, 5.41) is 0. The van der Waals surface area contributed by atoms with Crippen molar-refractivity contribution in [2.45, 2.75) is 32.0 Å². The topological polar surface area (TPSA) is 47.4 Å². The van der Waals surface area contributed by atoms with Crippen molar-refractivity contribution in [3.63, 3.8) is 0 Å². The van der Waals surface area contributed by atoms with Gasteiger partial charge in [-0.15, -0.1) is 0 Å². The molecule has 3 heterocycles. The van der Waals surface area contributed by atoms with Gasteiger partial charge in [-0.2, -0.15) is 0 Å². The molecule has 0 spiro atoms. The third-order valence-corrected chi connectivity index (χ3v) is 4.18. The van der Waals surface area contributed by atoms with Gasteiger partial charge in [0, 0.05) is 19.7 Å². The Bertz CT molecular complexity index is 658. The van der Waals surface area contributed by atoms with E-state index >= 15 is 0 Å². The third kappa shape index (κ3) is 1.81. The van der Waals surface area contributed by atoms with Crippen LogP contribution in [-0.4, -0.2) is 39.6 Å². The number of para-hydroxylation sites is 2. The van der Waals surface area contributed by atoms with E-state index < -0.39 is 0 Å². The van der Waals surface area contributed by atoms with Crippen LogP contribution in [0.3, 0.4) is 0 Å². The van der Waals surface area contributed by atoms with Gasteiger partial charge in [0.1, 0.15) is 11.9 Å². The average molecular weight is 271 g/mol. The summed E-state index contributed by atoms with van der Waals surface area (Å²) < 4.78 is 7.71. The highest BCUT2D eigenvalue weighted by Crippen LogP contribution is 2.22. The van der Waals surface area contributed by atoms with Crippen LogP contribution in [0.2, 0.25) is 0 Å². The fraction of sp³-hybridized carbons (Fsp3) is 0.467. The fourth-order valence-electron chi connectivity index (χ4n) is 3.13. The molecule has 2 aliphatic rings. The Hall–Kier alpha value is -1.88. The van der Waals surface area contributed by atoms with Gasteiger partial charge in [0.05, 0.1) is 17.6 Å². The molecular formula is C15H17N3O2. The molecule has 0 aliphatic carbocycles. The number of ether oxygens (including phenoxy) is 1. The molecule has 104 valence electrons. The van der Waals surface area contributed by atoms with Crippen molar-refractivity contribution in [1.82, 2.24) is 14.5 Å². The largest absolute Gasteiger partial charge is 0.368 e. The van der Waals surface area contributed by atoms with Crippen LogP contribution in [0.5, 0.6) is 0 Å². The summed E-state index contributed by atoms with van der Waals surface area (Å²) in [6.07, 6.45) is 1.61. The molecule has 2 aromatic rings. The summed E-state index contributed by atoms with van der Waals surface area (Å²) in [5.74, 6) is 1.10. The van der Waals surface area contributed by atoms with Gasteiger partial charge >= 0.3 is 0 Å². The van der Waals surface area contributed by atoms with Crippen molar-refractivity contribution in [3.05, 3.63) is 30.1 Å². The lowest BCUT2D eigenvalue weighted by Gasteiger charge is -2.29. The first kappa shape index (κ1) is 11.9. The van der Waals surface area contributed by atoms with Gasteiger partial charge in [-0.25, -0.2) is 4.98 Å². The number of nitrogens with zero attached hydrogens (tertiary/aromatic N) is 3. The van der Waals surface area contributed by atoms with Crippen molar-refractivity contribution in [2.75, 3.05) is 13.2 Å². The van der Waals surface area contributed by atoms with E-state index in [0.717, 1.165) is 42.8 Å². The zero-order valence-corrected chi connectivity index (χ0v) is 11.3. The minimum atomic E-state index is -0.231. The van der Waals surface area contributed by atoms with Crippen LogP contribution in [0.25, 0.3) is 11.0 Å². The molecule has 0 saturated carbocycles. The van der Waals surface area contributed by atoms with E-state index in [0.29, 0.717) is 13.2 Å². The number of aromatic nitrogens is 2. The van der Waals surface area contributed by atoms with Gasteiger partial charge in [-0.1, -0.05) is 12.1 Å². The average Bonchev–Trinajstić information content (AvgIpc) is 3.13. The summed E-state index contributed by atoms with van der Waals surface area (Å²) in [4.78, 5) is 18.9. The highest BCUT2D eigenvalue weighted by atomic mass is 16.5. The van der Waals surface area contributed by atoms with Crippen LogP contribution in [0.1, 0.15) is 18.7 Å². The lowest BCUT2D eigenvalue weighted by atomic mass is 10.2. The monoisotopic (exact) mass is 271 g/mol. The molecule has 1 aromatic carbocycles. The Kier molecular flexibility index (Phi) is 2.73. The maximum Gasteiger partial charge on any atom is 0.252 e. The number of fused-ring (bicyclic) bond motifs is 3. The SMILES string of the molecule is O=C(C1CCCO1)N1CCn2c(nc3ccccc32)C1. The van der Waals surface area contributed by atoms with E-state index in [4.69, 9.17) is 4.74 Å². The molecule has 20 heavy (non-hydrogen) atoms. The molecule has 0 radical (unpaired) electrons. The third-order valence-electron chi connectivity index (χ3n) is 4.18. The minimum Gasteiger partial charge on any atom is -0.368 e. The molecule has 1 atom stereocenters. The maximum absolute atomic E-state index is 12.4. The van der Waals surface area contributed by atoms with Crippen LogP contribution < -0.4 is 0 Å². The molecule has 1 aromatic heterocycles. The number of benzene rings is 1. The summed E-state index contributed by atoms with van der Waals surface area (Å²) in [6, 6.07) is 8.13. The molecule has 0 N–H and O–H groups in total. The molecule has 5 heteroatoms. The standard InChI is InChI=1S/C15H17N3O2/c19-15(13-6-3-9-20-13)17-7-8-18-12-5-2-1-4-11(12)16-14(18)10-17/h1-2,4-5,13H,3,6-10H2. The number of imidazole rings is 1. The Morgan fingerprint density at radius 2 is 2.20 bits per heavy atom. The Balaban J connectivity index is 1.61. The number of rotatable bonds is 1. The first-order chi connectivity index (χ1) is 9.83. The van der Waals surface area contributed by atoms with Crippen molar-refractivity contribution >= 4 is 16.9 Å². The van der Waals surface area contributed by atoms with Gasteiger partial charge in [-0.3, -0.25) is 4.79 Å². The molecular weight excluding hydrogens is 254 g/mol. The zero-order chi connectivity index (χ0) is 13.5. The maximum atomic E-state index is 12.4. The first-order valence-electron chi connectivity index (χ1n) is 7.17. The molecule has 2 aliphatic heterocycles. The van der Waals surface area contributed by atoms with E-state index in [1.54, 1.807) is 0 Å². The second kappa shape index (κ2) is 4.59. The normalized spacial score (nSPS) is 22.2. The van der Waals surface area contributed by atoms with E-state index in [-0.39, 0.29) is 12.0 Å². The number of hydrogen-bond acceptors (Lipinski definition) is 3. The zero-order valence-electron chi connectivity index (χ0n) is 11.3. The predicted molar refractivity (Wildman–Crippen MR) is 74.1 cm³/mol. The minimum absolute atomic E-state index is 0.126. The highest BCUT2D eigenvalue weighted by Gasteiger charge is 2.31.